The zero-order chi connectivity index (χ0) is 19.1. The summed E-state index contributed by atoms with van der Waals surface area (Å²) >= 11 is 0. The maximum absolute atomic E-state index is 12.0. The Bertz CT molecular complexity index is 450. The van der Waals surface area contributed by atoms with Gasteiger partial charge in [0.05, 0.1) is 13.0 Å². The Morgan fingerprint density at radius 3 is 2.04 bits per heavy atom. The van der Waals surface area contributed by atoms with Crippen LogP contribution in [0.15, 0.2) is 0 Å². The van der Waals surface area contributed by atoms with Gasteiger partial charge in [-0.15, -0.1) is 0 Å². The maximum Gasteiger partial charge on any atom is 0.516 e. The molecule has 0 N–H and O–H groups in total. The molecule has 0 heterocycles. The van der Waals surface area contributed by atoms with Crippen molar-refractivity contribution in [3.63, 3.8) is 0 Å². The van der Waals surface area contributed by atoms with Gasteiger partial charge in [0.25, 0.3) is 0 Å². The Kier molecular flexibility index (Phi) is 8.23. The molecule has 0 unspecified atom stereocenters. The van der Waals surface area contributed by atoms with Gasteiger partial charge in [-0.25, -0.2) is 9.59 Å². The molecule has 0 aromatic heterocycles. The molecule has 24 heavy (non-hydrogen) atoms. The predicted octanol–water partition coefficient (Wildman–Crippen LogP) is 3.61. The van der Waals surface area contributed by atoms with Crippen LogP contribution in [0.2, 0.25) is 0 Å². The number of carbonyl (C=O) groups is 3. The monoisotopic (exact) mass is 345 g/mol. The number of nitrogens with zero attached hydrogens (tertiary/aromatic N) is 1. The molecule has 0 saturated carbocycles. The van der Waals surface area contributed by atoms with Crippen molar-refractivity contribution in [2.24, 2.45) is 11.3 Å². The predicted molar refractivity (Wildman–Crippen MR) is 89.5 cm³/mol. The van der Waals surface area contributed by atoms with E-state index in [2.05, 4.69) is 4.74 Å². The summed E-state index contributed by atoms with van der Waals surface area (Å²) in [5.41, 5.74) is -1.17. The number of hydrogen-bond acceptors (Lipinski definition) is 6. The minimum atomic E-state index is -0.995. The molecule has 0 atom stereocenters. The third kappa shape index (κ3) is 10.9. The van der Waals surface area contributed by atoms with Gasteiger partial charge >= 0.3 is 18.2 Å². The summed E-state index contributed by atoms with van der Waals surface area (Å²) < 4.78 is 14.7. The summed E-state index contributed by atoms with van der Waals surface area (Å²) in [7, 11) is 1.60. The molecule has 0 aliphatic rings. The smallest absolute Gasteiger partial charge is 0.444 e. The lowest BCUT2D eigenvalue weighted by Gasteiger charge is -2.31. The van der Waals surface area contributed by atoms with Crippen LogP contribution in [0.25, 0.3) is 0 Å². The van der Waals surface area contributed by atoms with Crippen LogP contribution >= 0.6 is 0 Å². The molecular weight excluding hydrogens is 314 g/mol. The van der Waals surface area contributed by atoms with E-state index in [0.29, 0.717) is 0 Å². The van der Waals surface area contributed by atoms with Crippen LogP contribution < -0.4 is 0 Å². The molecule has 0 bridgehead atoms. The van der Waals surface area contributed by atoms with Crippen molar-refractivity contribution in [1.29, 1.82) is 0 Å². The van der Waals surface area contributed by atoms with Gasteiger partial charge < -0.3 is 19.1 Å². The molecule has 0 rings (SSSR count). The van der Waals surface area contributed by atoms with Crippen molar-refractivity contribution in [2.45, 2.75) is 60.5 Å². The average molecular weight is 345 g/mol. The highest BCUT2D eigenvalue weighted by atomic mass is 16.7. The first kappa shape index (κ1) is 22.2. The largest absolute Gasteiger partial charge is 0.516 e. The lowest BCUT2D eigenvalue weighted by molar-refractivity contribution is -0.142. The van der Waals surface area contributed by atoms with E-state index < -0.39 is 29.2 Å². The van der Waals surface area contributed by atoms with Crippen LogP contribution in [-0.4, -0.2) is 48.9 Å². The van der Waals surface area contributed by atoms with E-state index in [1.54, 1.807) is 41.7 Å². The number of hydrogen-bond donors (Lipinski definition) is 0. The van der Waals surface area contributed by atoms with Gasteiger partial charge in [-0.2, -0.15) is 0 Å². The van der Waals surface area contributed by atoms with Crippen molar-refractivity contribution in [3.05, 3.63) is 0 Å². The van der Waals surface area contributed by atoms with Crippen LogP contribution in [0, 0.1) is 11.3 Å². The molecule has 140 valence electrons. The molecule has 0 radical (unpaired) electrons. The van der Waals surface area contributed by atoms with E-state index in [9.17, 15) is 14.4 Å². The zero-order valence-corrected chi connectivity index (χ0v) is 16.1. The minimum absolute atomic E-state index is 0.0308. The molecule has 7 heteroatoms. The van der Waals surface area contributed by atoms with E-state index in [0.717, 1.165) is 0 Å². The third-order valence-electron chi connectivity index (χ3n) is 2.72. The van der Waals surface area contributed by atoms with Gasteiger partial charge in [0.1, 0.15) is 5.60 Å². The first-order valence-electron chi connectivity index (χ1n) is 8.03. The van der Waals surface area contributed by atoms with Crippen LogP contribution in [0.4, 0.5) is 9.59 Å². The van der Waals surface area contributed by atoms with Gasteiger partial charge in [0.2, 0.25) is 0 Å². The second-order valence-corrected chi connectivity index (χ2v) is 8.11. The van der Waals surface area contributed by atoms with Crippen molar-refractivity contribution >= 4 is 18.2 Å². The summed E-state index contributed by atoms with van der Waals surface area (Å²) in [6, 6.07) is 0. The lowest BCUT2D eigenvalue weighted by atomic mass is 9.89. The Morgan fingerprint density at radius 1 is 1.04 bits per heavy atom. The first-order valence-corrected chi connectivity index (χ1v) is 8.03. The number of ether oxygens (including phenoxy) is 3. The summed E-state index contributed by atoms with van der Waals surface area (Å²) in [6.07, 6.45) is -1.50. The highest BCUT2D eigenvalue weighted by molar-refractivity contribution is 5.82. The van der Waals surface area contributed by atoms with Gasteiger partial charge in [-0.1, -0.05) is 27.7 Å². The first-order chi connectivity index (χ1) is 10.7. The average Bonchev–Trinajstić information content (AvgIpc) is 2.32. The lowest BCUT2D eigenvalue weighted by Crippen LogP contribution is -2.40. The fraction of sp³-hybridized carbons (Fsp3) is 0.824. The second-order valence-electron chi connectivity index (χ2n) is 8.11. The summed E-state index contributed by atoms with van der Waals surface area (Å²) in [6.45, 7) is 13.2. The van der Waals surface area contributed by atoms with E-state index >= 15 is 0 Å². The fourth-order valence-corrected chi connectivity index (χ4v) is 1.89. The second kappa shape index (κ2) is 8.89. The van der Waals surface area contributed by atoms with Crippen molar-refractivity contribution < 1.29 is 28.6 Å². The van der Waals surface area contributed by atoms with Crippen LogP contribution in [0.5, 0.6) is 0 Å². The Balaban J connectivity index is 4.44. The van der Waals surface area contributed by atoms with Gasteiger partial charge in [0, 0.05) is 13.6 Å². The number of carbonyl (C=O) groups excluding carboxylic acids is 3. The van der Waals surface area contributed by atoms with Gasteiger partial charge in [-0.05, 0) is 32.1 Å². The normalized spacial score (nSPS) is 11.9. The Hall–Kier alpha value is -1.79. The fourth-order valence-electron chi connectivity index (χ4n) is 1.89. The summed E-state index contributed by atoms with van der Waals surface area (Å²) in [5, 5.41) is 0. The summed E-state index contributed by atoms with van der Waals surface area (Å²) in [4.78, 5) is 36.6. The number of amides is 1. The molecule has 0 spiro atoms. The number of rotatable bonds is 6. The third-order valence-corrected chi connectivity index (χ3v) is 2.72. The Labute approximate surface area is 144 Å². The zero-order valence-electron chi connectivity index (χ0n) is 16.1. The molecule has 7 nitrogen and oxygen atoms in total. The SMILES string of the molecule is CC(C)COC(=O)OC(=O)CC(C)(C)CN(C)C(=O)OC(C)(C)C. The van der Waals surface area contributed by atoms with Crippen molar-refractivity contribution in [1.82, 2.24) is 4.90 Å². The van der Waals surface area contributed by atoms with Crippen LogP contribution in [-0.2, 0) is 19.0 Å². The van der Waals surface area contributed by atoms with E-state index in [1.807, 2.05) is 13.8 Å². The van der Waals surface area contributed by atoms with E-state index in [1.165, 1.54) is 4.90 Å². The molecule has 0 aliphatic carbocycles. The molecule has 0 aromatic rings. The Morgan fingerprint density at radius 2 is 1.58 bits per heavy atom. The maximum atomic E-state index is 12.0. The summed E-state index contributed by atoms with van der Waals surface area (Å²) in [5.74, 6) is -0.530. The highest BCUT2D eigenvalue weighted by Gasteiger charge is 2.29. The molecule has 0 aromatic carbocycles. The quantitative estimate of drug-likeness (QED) is 0.540. The van der Waals surface area contributed by atoms with E-state index in [-0.39, 0.29) is 25.5 Å². The van der Waals surface area contributed by atoms with Gasteiger partial charge in [-0.3, -0.25) is 4.79 Å². The van der Waals surface area contributed by atoms with Crippen molar-refractivity contribution in [3.8, 4) is 0 Å². The highest BCUT2D eigenvalue weighted by Crippen LogP contribution is 2.23. The van der Waals surface area contributed by atoms with E-state index in [4.69, 9.17) is 9.47 Å². The topological polar surface area (TPSA) is 82.1 Å². The standard InChI is InChI=1S/C17H31NO6/c1-12(2)10-22-15(21)23-13(19)9-17(6,7)11-18(8)14(20)24-16(3,4)5/h12H,9-11H2,1-8H3. The number of esters is 1. The van der Waals surface area contributed by atoms with Crippen LogP contribution in [0.1, 0.15) is 54.9 Å². The molecule has 1 amide bonds. The van der Waals surface area contributed by atoms with Crippen LogP contribution in [0.3, 0.4) is 0 Å². The molecule has 0 aliphatic heterocycles. The minimum Gasteiger partial charge on any atom is -0.444 e. The molecule has 0 saturated heterocycles. The van der Waals surface area contributed by atoms with Crippen molar-refractivity contribution in [2.75, 3.05) is 20.2 Å². The van der Waals surface area contributed by atoms with Gasteiger partial charge in [0.15, 0.2) is 0 Å². The molecular formula is C17H31NO6. The molecule has 0 fully saturated rings.